The maximum absolute atomic E-state index is 14.8. The molecule has 0 saturated heterocycles. The van der Waals surface area contributed by atoms with Gasteiger partial charge in [0.1, 0.15) is 5.82 Å². The highest BCUT2D eigenvalue weighted by Crippen LogP contribution is 2.42. The summed E-state index contributed by atoms with van der Waals surface area (Å²) < 4.78 is 17.0. The number of allylic oxidation sites excluding steroid dienone is 6. The van der Waals surface area contributed by atoms with Gasteiger partial charge in [0.15, 0.2) is 0 Å². The summed E-state index contributed by atoms with van der Waals surface area (Å²) in [6.07, 6.45) is 8.59. The zero-order valence-electron chi connectivity index (χ0n) is 21.6. The van der Waals surface area contributed by atoms with Gasteiger partial charge in [-0.15, -0.1) is 0 Å². The van der Waals surface area contributed by atoms with E-state index in [0.29, 0.717) is 12.1 Å². The van der Waals surface area contributed by atoms with Gasteiger partial charge in [0, 0.05) is 22.0 Å². The third-order valence-electron chi connectivity index (χ3n) is 6.43. The normalized spacial score (nSPS) is 15.2. The molecule has 1 atom stereocenters. The number of nitrogens with zero attached hydrogens (tertiary/aromatic N) is 1. The second-order valence-electron chi connectivity index (χ2n) is 9.07. The monoisotopic (exact) mass is 455 g/mol. The fraction of sp³-hybridized carbons (Fsp3) is 0.312. The van der Waals surface area contributed by atoms with Gasteiger partial charge < -0.3 is 4.57 Å². The van der Waals surface area contributed by atoms with E-state index >= 15 is 0 Å². The molecule has 1 aliphatic rings. The first-order chi connectivity index (χ1) is 16.3. The third-order valence-corrected chi connectivity index (χ3v) is 6.43. The van der Waals surface area contributed by atoms with E-state index in [-0.39, 0.29) is 11.7 Å². The average molecular weight is 456 g/mol. The SMILES string of the molecule is C=C(C)c1c(C2=CC=CC(C)C2=C)c2cc(CCC)ccc2n1Cc1cc(C)ccc1F.CC. The maximum atomic E-state index is 14.8. The van der Waals surface area contributed by atoms with Crippen LogP contribution in [0.15, 0.2) is 73.4 Å². The van der Waals surface area contributed by atoms with Crippen LogP contribution in [0.25, 0.3) is 22.0 Å². The van der Waals surface area contributed by atoms with Crippen molar-refractivity contribution in [3.8, 4) is 0 Å². The standard InChI is InChI=1S/C30H32FN.C2H6/c1-7-9-23-13-15-28-26(17-23)29(25-11-8-10-21(5)22(25)6)30(19(2)3)32(28)18-24-16-20(4)12-14-27(24)31;1-2/h8,10-17,21H,2,6-7,9,18H2,1,3-5H3;1-2H3. The lowest BCUT2D eigenvalue weighted by Crippen LogP contribution is -2.08. The molecule has 34 heavy (non-hydrogen) atoms. The van der Waals surface area contributed by atoms with Crippen LogP contribution in [0.3, 0.4) is 0 Å². The Balaban J connectivity index is 0.00000158. The Hall–Kier alpha value is -3.13. The van der Waals surface area contributed by atoms with Crippen molar-refractivity contribution in [1.29, 1.82) is 0 Å². The molecule has 0 spiro atoms. The van der Waals surface area contributed by atoms with Crippen LogP contribution in [0.5, 0.6) is 0 Å². The summed E-state index contributed by atoms with van der Waals surface area (Å²) in [7, 11) is 0. The minimum atomic E-state index is -0.174. The van der Waals surface area contributed by atoms with Gasteiger partial charge in [0.05, 0.1) is 12.2 Å². The molecule has 1 aliphatic carbocycles. The van der Waals surface area contributed by atoms with Gasteiger partial charge >= 0.3 is 0 Å². The number of fused-ring (bicyclic) bond motifs is 1. The van der Waals surface area contributed by atoms with Crippen molar-refractivity contribution in [2.75, 3.05) is 0 Å². The minimum Gasteiger partial charge on any atom is -0.336 e. The Morgan fingerprint density at radius 2 is 1.85 bits per heavy atom. The van der Waals surface area contributed by atoms with Crippen molar-refractivity contribution in [1.82, 2.24) is 4.57 Å². The molecule has 0 saturated carbocycles. The van der Waals surface area contributed by atoms with Gasteiger partial charge in [-0.3, -0.25) is 0 Å². The van der Waals surface area contributed by atoms with Gasteiger partial charge in [0.25, 0.3) is 0 Å². The fourth-order valence-electron chi connectivity index (χ4n) is 4.75. The lowest BCUT2D eigenvalue weighted by Gasteiger charge is -2.20. The molecule has 1 heterocycles. The second kappa shape index (κ2) is 10.9. The van der Waals surface area contributed by atoms with Crippen molar-refractivity contribution >= 4 is 22.0 Å². The van der Waals surface area contributed by atoms with Gasteiger partial charge in [-0.25, -0.2) is 4.39 Å². The number of benzene rings is 2. The van der Waals surface area contributed by atoms with E-state index in [2.05, 4.69) is 68.0 Å². The zero-order chi connectivity index (χ0) is 25.0. The predicted molar refractivity (Wildman–Crippen MR) is 148 cm³/mol. The molecule has 2 aromatic carbocycles. The van der Waals surface area contributed by atoms with E-state index in [4.69, 9.17) is 0 Å². The van der Waals surface area contributed by atoms with Crippen LogP contribution in [-0.4, -0.2) is 4.57 Å². The minimum absolute atomic E-state index is 0.174. The zero-order valence-corrected chi connectivity index (χ0v) is 21.6. The van der Waals surface area contributed by atoms with Crippen LogP contribution in [0.1, 0.15) is 69.0 Å². The van der Waals surface area contributed by atoms with Gasteiger partial charge in [0.2, 0.25) is 0 Å². The van der Waals surface area contributed by atoms with Gasteiger partial charge in [-0.2, -0.15) is 0 Å². The summed E-state index contributed by atoms with van der Waals surface area (Å²) in [5.41, 5.74) is 9.63. The van der Waals surface area contributed by atoms with Crippen LogP contribution in [-0.2, 0) is 13.0 Å². The molecule has 0 radical (unpaired) electrons. The van der Waals surface area contributed by atoms with E-state index in [1.165, 1.54) is 16.5 Å². The lowest BCUT2D eigenvalue weighted by atomic mass is 9.84. The molecular formula is C32H38FN. The second-order valence-corrected chi connectivity index (χ2v) is 9.07. The lowest BCUT2D eigenvalue weighted by molar-refractivity contribution is 0.600. The Labute approximate surface area is 205 Å². The van der Waals surface area contributed by atoms with Crippen LogP contribution in [0, 0.1) is 18.7 Å². The largest absolute Gasteiger partial charge is 0.336 e. The quantitative estimate of drug-likeness (QED) is 0.349. The van der Waals surface area contributed by atoms with Gasteiger partial charge in [-0.05, 0) is 66.7 Å². The van der Waals surface area contributed by atoms with Crippen molar-refractivity contribution in [2.24, 2.45) is 5.92 Å². The first kappa shape index (κ1) is 25.5. The Morgan fingerprint density at radius 3 is 2.53 bits per heavy atom. The van der Waals surface area contributed by atoms with Crippen molar-refractivity contribution < 1.29 is 4.39 Å². The van der Waals surface area contributed by atoms with Crippen LogP contribution in [0.2, 0.25) is 0 Å². The third kappa shape index (κ3) is 4.87. The van der Waals surface area contributed by atoms with Crippen LogP contribution >= 0.6 is 0 Å². The van der Waals surface area contributed by atoms with E-state index in [0.717, 1.165) is 46.3 Å². The average Bonchev–Trinajstić information content (AvgIpc) is 3.13. The Bertz CT molecular complexity index is 1280. The highest BCUT2D eigenvalue weighted by molar-refractivity contribution is 6.03. The summed E-state index contributed by atoms with van der Waals surface area (Å²) in [5.74, 6) is 0.103. The van der Waals surface area contributed by atoms with E-state index < -0.39 is 0 Å². The van der Waals surface area contributed by atoms with Crippen LogP contribution < -0.4 is 0 Å². The van der Waals surface area contributed by atoms with Crippen molar-refractivity contribution in [2.45, 2.75) is 60.9 Å². The molecular weight excluding hydrogens is 417 g/mol. The Kier molecular flexibility index (Phi) is 8.15. The smallest absolute Gasteiger partial charge is 0.128 e. The maximum Gasteiger partial charge on any atom is 0.128 e. The van der Waals surface area contributed by atoms with E-state index in [9.17, 15) is 4.39 Å². The number of rotatable bonds is 6. The number of hydrogen-bond donors (Lipinski definition) is 0. The molecule has 0 bridgehead atoms. The molecule has 0 N–H and O–H groups in total. The highest BCUT2D eigenvalue weighted by Gasteiger charge is 2.25. The van der Waals surface area contributed by atoms with Crippen LogP contribution in [0.4, 0.5) is 4.39 Å². The summed E-state index contributed by atoms with van der Waals surface area (Å²) >= 11 is 0. The van der Waals surface area contributed by atoms with E-state index in [1.807, 2.05) is 39.8 Å². The molecule has 1 nitrogen and oxygen atoms in total. The Morgan fingerprint density at radius 1 is 1.12 bits per heavy atom. The molecule has 4 rings (SSSR count). The molecule has 0 fully saturated rings. The summed E-state index contributed by atoms with van der Waals surface area (Å²) in [6, 6.07) is 12.0. The highest BCUT2D eigenvalue weighted by atomic mass is 19.1. The number of aryl methyl sites for hydroxylation is 2. The first-order valence-electron chi connectivity index (χ1n) is 12.5. The number of halogens is 1. The first-order valence-corrected chi connectivity index (χ1v) is 12.5. The molecule has 1 unspecified atom stereocenters. The molecule has 0 aliphatic heterocycles. The summed E-state index contributed by atoms with van der Waals surface area (Å²) in [5, 5.41) is 1.19. The molecule has 2 heteroatoms. The van der Waals surface area contributed by atoms with E-state index in [1.54, 1.807) is 6.07 Å². The predicted octanol–water partition coefficient (Wildman–Crippen LogP) is 9.29. The summed E-state index contributed by atoms with van der Waals surface area (Å²) in [6.45, 7) is 21.6. The van der Waals surface area contributed by atoms with Gasteiger partial charge in [-0.1, -0.05) is 89.3 Å². The molecule has 0 amide bonds. The number of hydrogen-bond acceptors (Lipinski definition) is 0. The topological polar surface area (TPSA) is 4.93 Å². The fourth-order valence-corrected chi connectivity index (χ4v) is 4.75. The number of aromatic nitrogens is 1. The molecule has 3 aromatic rings. The van der Waals surface area contributed by atoms with Crippen molar-refractivity contribution in [3.63, 3.8) is 0 Å². The summed E-state index contributed by atoms with van der Waals surface area (Å²) in [4.78, 5) is 0. The molecule has 1 aromatic heterocycles. The van der Waals surface area contributed by atoms with Crippen molar-refractivity contribution in [3.05, 3.63) is 107 Å². The molecule has 178 valence electrons.